The van der Waals surface area contributed by atoms with Crippen LogP contribution in [0, 0.1) is 10.1 Å². The van der Waals surface area contributed by atoms with Crippen LogP contribution in [-0.2, 0) is 4.79 Å². The van der Waals surface area contributed by atoms with Gasteiger partial charge in [-0.15, -0.1) is 10.2 Å². The highest BCUT2D eigenvalue weighted by molar-refractivity contribution is 7.99. The average molecular weight is 421 g/mol. The Morgan fingerprint density at radius 2 is 2.14 bits per heavy atom. The Morgan fingerprint density at radius 3 is 2.89 bits per heavy atom. The molecule has 0 spiro atoms. The Hall–Kier alpha value is -3.11. The zero-order valence-electron chi connectivity index (χ0n) is 14.4. The smallest absolute Gasteiger partial charge is 0.277 e. The van der Waals surface area contributed by atoms with E-state index in [0.717, 1.165) is 11.8 Å². The highest BCUT2D eigenvalue weighted by atomic mass is 35.5. The van der Waals surface area contributed by atoms with E-state index in [0.29, 0.717) is 22.0 Å². The van der Waals surface area contributed by atoms with Crippen molar-refractivity contribution in [3.8, 4) is 17.2 Å². The van der Waals surface area contributed by atoms with Crippen LogP contribution in [0.4, 0.5) is 11.4 Å². The normalized spacial score (nSPS) is 10.5. The van der Waals surface area contributed by atoms with Crippen molar-refractivity contribution in [2.75, 3.05) is 18.2 Å². The fourth-order valence-corrected chi connectivity index (χ4v) is 2.96. The quantitative estimate of drug-likeness (QED) is 0.345. The van der Waals surface area contributed by atoms with Gasteiger partial charge in [0.05, 0.1) is 23.5 Å². The summed E-state index contributed by atoms with van der Waals surface area (Å²) in [7, 11) is 1.49. The van der Waals surface area contributed by atoms with Crippen LogP contribution in [-0.4, -0.2) is 33.9 Å². The van der Waals surface area contributed by atoms with Crippen LogP contribution < -0.4 is 10.1 Å². The number of thioether (sulfide) groups is 1. The van der Waals surface area contributed by atoms with Gasteiger partial charge in [-0.05, 0) is 24.3 Å². The number of nitro benzene ring substituents is 1. The third kappa shape index (κ3) is 4.78. The number of ether oxygens (including phenoxy) is 1. The van der Waals surface area contributed by atoms with Gasteiger partial charge in [0.15, 0.2) is 0 Å². The van der Waals surface area contributed by atoms with Gasteiger partial charge in [-0.2, -0.15) is 0 Å². The molecule has 1 heterocycles. The highest BCUT2D eigenvalue weighted by Crippen LogP contribution is 2.29. The zero-order valence-corrected chi connectivity index (χ0v) is 16.0. The molecule has 0 saturated heterocycles. The van der Waals surface area contributed by atoms with Crippen LogP contribution in [0.1, 0.15) is 0 Å². The minimum absolute atomic E-state index is 0.00619. The van der Waals surface area contributed by atoms with E-state index in [1.54, 1.807) is 24.3 Å². The number of rotatable bonds is 7. The monoisotopic (exact) mass is 420 g/mol. The van der Waals surface area contributed by atoms with Crippen molar-refractivity contribution in [2.45, 2.75) is 5.22 Å². The molecule has 9 nitrogen and oxygen atoms in total. The molecule has 3 rings (SSSR count). The summed E-state index contributed by atoms with van der Waals surface area (Å²) in [4.78, 5) is 22.5. The summed E-state index contributed by atoms with van der Waals surface area (Å²) in [6.07, 6.45) is 0. The van der Waals surface area contributed by atoms with Gasteiger partial charge >= 0.3 is 0 Å². The summed E-state index contributed by atoms with van der Waals surface area (Å²) in [5.41, 5.74) is 0.782. The summed E-state index contributed by atoms with van der Waals surface area (Å²) in [6.45, 7) is 0. The highest BCUT2D eigenvalue weighted by Gasteiger charge is 2.15. The topological polar surface area (TPSA) is 120 Å². The second kappa shape index (κ2) is 8.72. The minimum Gasteiger partial charge on any atom is -0.495 e. The van der Waals surface area contributed by atoms with E-state index in [2.05, 4.69) is 15.5 Å². The first-order valence-electron chi connectivity index (χ1n) is 7.81. The van der Waals surface area contributed by atoms with Crippen LogP contribution in [0.3, 0.4) is 0 Å². The minimum atomic E-state index is -0.510. The zero-order chi connectivity index (χ0) is 20.1. The molecule has 0 unspecified atom stereocenters. The van der Waals surface area contributed by atoms with Crippen molar-refractivity contribution < 1.29 is 18.9 Å². The number of methoxy groups -OCH3 is 1. The molecular weight excluding hydrogens is 408 g/mol. The number of nitrogens with zero attached hydrogens (tertiary/aromatic N) is 3. The van der Waals surface area contributed by atoms with Gasteiger partial charge in [-0.1, -0.05) is 29.4 Å². The van der Waals surface area contributed by atoms with Gasteiger partial charge in [0, 0.05) is 22.7 Å². The van der Waals surface area contributed by atoms with Crippen LogP contribution >= 0.6 is 23.4 Å². The Kier molecular flexibility index (Phi) is 6.12. The van der Waals surface area contributed by atoms with E-state index in [1.807, 2.05) is 0 Å². The lowest BCUT2D eigenvalue weighted by atomic mass is 10.2. The summed E-state index contributed by atoms with van der Waals surface area (Å²) in [6, 6.07) is 10.7. The predicted molar refractivity (Wildman–Crippen MR) is 104 cm³/mol. The van der Waals surface area contributed by atoms with Crippen molar-refractivity contribution in [2.24, 2.45) is 0 Å². The number of nitrogens with one attached hydrogen (secondary N) is 1. The number of hydrogen-bond acceptors (Lipinski definition) is 8. The molecule has 1 N–H and O–H groups in total. The molecule has 3 aromatic rings. The Morgan fingerprint density at radius 1 is 1.32 bits per heavy atom. The first kappa shape index (κ1) is 19.6. The average Bonchev–Trinajstić information content (AvgIpc) is 3.16. The molecule has 0 aliphatic rings. The van der Waals surface area contributed by atoms with E-state index in [4.69, 9.17) is 20.8 Å². The molecule has 2 aromatic carbocycles. The molecule has 0 aliphatic carbocycles. The van der Waals surface area contributed by atoms with Crippen molar-refractivity contribution in [1.29, 1.82) is 0 Å². The van der Waals surface area contributed by atoms with E-state index < -0.39 is 4.92 Å². The number of hydrogen-bond donors (Lipinski definition) is 1. The van der Waals surface area contributed by atoms with Gasteiger partial charge < -0.3 is 14.5 Å². The number of benzene rings is 2. The first-order valence-corrected chi connectivity index (χ1v) is 9.17. The van der Waals surface area contributed by atoms with Crippen LogP contribution in [0.25, 0.3) is 11.5 Å². The summed E-state index contributed by atoms with van der Waals surface area (Å²) in [5.74, 6) is 0.295. The molecule has 0 radical (unpaired) electrons. The molecule has 0 bridgehead atoms. The summed E-state index contributed by atoms with van der Waals surface area (Å²) >= 11 is 6.97. The van der Waals surface area contributed by atoms with Gasteiger partial charge in [-0.25, -0.2) is 0 Å². The fraction of sp³-hybridized carbons (Fsp3) is 0.118. The SMILES string of the molecule is COc1ccc(Cl)cc1NC(=O)CSc1nnc(-c2cccc([N+](=O)[O-])c2)o1. The number of carbonyl (C=O) groups excluding carboxylic acids is 1. The summed E-state index contributed by atoms with van der Waals surface area (Å²) < 4.78 is 10.6. The maximum Gasteiger partial charge on any atom is 0.277 e. The number of aromatic nitrogens is 2. The predicted octanol–water partition coefficient (Wildman–Crippen LogP) is 4.04. The maximum absolute atomic E-state index is 12.2. The number of non-ortho nitro benzene ring substituents is 1. The van der Waals surface area contributed by atoms with Crippen molar-refractivity contribution in [3.05, 3.63) is 57.6 Å². The number of carbonyl (C=O) groups is 1. The van der Waals surface area contributed by atoms with Crippen LogP contribution in [0.2, 0.25) is 5.02 Å². The van der Waals surface area contributed by atoms with Gasteiger partial charge in [-0.3, -0.25) is 14.9 Å². The van der Waals surface area contributed by atoms with E-state index in [-0.39, 0.29) is 28.5 Å². The van der Waals surface area contributed by atoms with E-state index >= 15 is 0 Å². The molecule has 1 amide bonds. The lowest BCUT2D eigenvalue weighted by Crippen LogP contribution is -2.14. The van der Waals surface area contributed by atoms with Crippen molar-refractivity contribution in [1.82, 2.24) is 10.2 Å². The molecule has 144 valence electrons. The summed E-state index contributed by atoms with van der Waals surface area (Å²) in [5, 5.41) is 21.9. The molecule has 0 saturated carbocycles. The molecule has 0 aliphatic heterocycles. The number of halogens is 1. The molecule has 28 heavy (non-hydrogen) atoms. The van der Waals surface area contributed by atoms with E-state index in [9.17, 15) is 14.9 Å². The molecule has 0 atom stereocenters. The molecule has 11 heteroatoms. The maximum atomic E-state index is 12.2. The van der Waals surface area contributed by atoms with E-state index in [1.165, 1.54) is 25.3 Å². The fourth-order valence-electron chi connectivity index (χ4n) is 2.23. The Labute approximate surface area is 168 Å². The molecular formula is C17H13ClN4O5S. The van der Waals surface area contributed by atoms with Gasteiger partial charge in [0.25, 0.3) is 10.9 Å². The first-order chi connectivity index (χ1) is 13.5. The second-order valence-electron chi connectivity index (χ2n) is 5.36. The Balaban J connectivity index is 1.63. The Bertz CT molecular complexity index is 1030. The van der Waals surface area contributed by atoms with Crippen LogP contribution in [0.15, 0.2) is 52.1 Å². The molecule has 1 aromatic heterocycles. The van der Waals surface area contributed by atoms with Crippen molar-refractivity contribution >= 4 is 40.6 Å². The third-order valence-corrected chi connectivity index (χ3v) is 4.53. The lowest BCUT2D eigenvalue weighted by Gasteiger charge is -2.09. The second-order valence-corrected chi connectivity index (χ2v) is 6.73. The number of amides is 1. The number of nitro groups is 1. The standard InChI is InChI=1S/C17H13ClN4O5S/c1-26-14-6-5-11(18)8-13(14)19-15(23)9-28-17-21-20-16(27-17)10-3-2-4-12(7-10)22(24)25/h2-8H,9H2,1H3,(H,19,23). The van der Waals surface area contributed by atoms with Crippen molar-refractivity contribution in [3.63, 3.8) is 0 Å². The van der Waals surface area contributed by atoms with Gasteiger partial charge in [0.2, 0.25) is 11.8 Å². The lowest BCUT2D eigenvalue weighted by molar-refractivity contribution is -0.384. The third-order valence-electron chi connectivity index (χ3n) is 3.47. The van der Waals surface area contributed by atoms with Crippen LogP contribution in [0.5, 0.6) is 5.75 Å². The largest absolute Gasteiger partial charge is 0.495 e. The number of anilines is 1. The molecule has 0 fully saturated rings. The van der Waals surface area contributed by atoms with Gasteiger partial charge in [0.1, 0.15) is 5.75 Å².